The first-order valence-corrected chi connectivity index (χ1v) is 12.8. The Hall–Kier alpha value is -1.79. The van der Waals surface area contributed by atoms with Gasteiger partial charge in [-0.05, 0) is 87.8 Å². The van der Waals surface area contributed by atoms with Crippen LogP contribution in [0.5, 0.6) is 0 Å². The van der Waals surface area contributed by atoms with E-state index in [0.29, 0.717) is 27.9 Å². The minimum atomic E-state index is -1.16. The number of nitrogens with zero attached hydrogens (tertiary/aromatic N) is 1. The molecule has 2 aromatic rings. The van der Waals surface area contributed by atoms with Gasteiger partial charge in [0.25, 0.3) is 5.91 Å². The van der Waals surface area contributed by atoms with E-state index in [-0.39, 0.29) is 23.7 Å². The van der Waals surface area contributed by atoms with Crippen molar-refractivity contribution < 1.29 is 19.1 Å². The smallest absolute Gasteiger partial charge is 0.417 e. The number of likely N-dealkylation sites (tertiary alicyclic amines) is 1. The second-order valence-corrected chi connectivity index (χ2v) is 11.7. The number of benzene rings is 2. The fourth-order valence-electron chi connectivity index (χ4n) is 5.91. The summed E-state index contributed by atoms with van der Waals surface area (Å²) in [7, 11) is 1.55. The van der Waals surface area contributed by atoms with E-state index < -0.39 is 23.3 Å². The van der Waals surface area contributed by atoms with Crippen molar-refractivity contribution in [1.29, 1.82) is 0 Å². The maximum Gasteiger partial charge on any atom is 0.417 e. The van der Waals surface area contributed by atoms with Crippen LogP contribution in [0.15, 0.2) is 42.5 Å². The normalized spacial score (nSPS) is 28.7. The van der Waals surface area contributed by atoms with E-state index in [1.165, 1.54) is 4.90 Å². The molecule has 0 aromatic heterocycles. The SMILES string of the molecule is CO[C@@]12CC[C@@H](c3ccc(Cl)cc3Cl)[C@H](c3ccc(Cl)cc3)[C@@H]1[C@@H](C)N(C(=O)OC(C)(C)C)C2=O. The molecule has 0 radical (unpaired) electrons. The summed E-state index contributed by atoms with van der Waals surface area (Å²) in [5, 5.41) is 1.76. The number of hydrogen-bond donors (Lipinski definition) is 0. The van der Waals surface area contributed by atoms with Crippen molar-refractivity contribution in [2.75, 3.05) is 7.11 Å². The molecule has 8 heteroatoms. The zero-order valence-electron chi connectivity index (χ0n) is 20.5. The van der Waals surface area contributed by atoms with Crippen molar-refractivity contribution >= 4 is 46.8 Å². The Labute approximate surface area is 221 Å². The predicted octanol–water partition coefficient (Wildman–Crippen LogP) is 7.48. The number of amides is 2. The van der Waals surface area contributed by atoms with Crippen LogP contribution in [0.1, 0.15) is 63.5 Å². The summed E-state index contributed by atoms with van der Waals surface area (Å²) < 4.78 is 11.6. The van der Waals surface area contributed by atoms with Crippen molar-refractivity contribution in [2.24, 2.45) is 5.92 Å². The molecule has 0 spiro atoms. The van der Waals surface area contributed by atoms with Gasteiger partial charge < -0.3 is 9.47 Å². The topological polar surface area (TPSA) is 55.8 Å². The summed E-state index contributed by atoms with van der Waals surface area (Å²) in [6.45, 7) is 7.24. The Morgan fingerprint density at radius 1 is 1.06 bits per heavy atom. The molecule has 35 heavy (non-hydrogen) atoms. The molecular formula is C27H30Cl3NO4. The van der Waals surface area contributed by atoms with Crippen LogP contribution in [0.4, 0.5) is 4.79 Å². The van der Waals surface area contributed by atoms with Gasteiger partial charge in [0.2, 0.25) is 0 Å². The highest BCUT2D eigenvalue weighted by Gasteiger charge is 2.66. The lowest BCUT2D eigenvalue weighted by atomic mass is 9.59. The van der Waals surface area contributed by atoms with Crippen LogP contribution in [-0.2, 0) is 14.3 Å². The average Bonchev–Trinajstić information content (AvgIpc) is 3.00. The van der Waals surface area contributed by atoms with Crippen LogP contribution < -0.4 is 0 Å². The molecule has 1 saturated carbocycles. The molecule has 0 N–H and O–H groups in total. The van der Waals surface area contributed by atoms with Gasteiger partial charge in [-0.25, -0.2) is 9.69 Å². The maximum atomic E-state index is 13.9. The van der Waals surface area contributed by atoms with Gasteiger partial charge in [-0.1, -0.05) is 53.0 Å². The molecule has 1 aliphatic carbocycles. The van der Waals surface area contributed by atoms with E-state index in [1.54, 1.807) is 33.9 Å². The number of imide groups is 1. The van der Waals surface area contributed by atoms with Crippen LogP contribution >= 0.6 is 34.8 Å². The Morgan fingerprint density at radius 2 is 1.69 bits per heavy atom. The lowest BCUT2D eigenvalue weighted by Gasteiger charge is -2.46. The first-order valence-electron chi connectivity index (χ1n) is 11.7. The number of ether oxygens (including phenoxy) is 2. The molecule has 188 valence electrons. The minimum absolute atomic E-state index is 0.0250. The molecule has 2 amide bonds. The third kappa shape index (κ3) is 4.69. The van der Waals surface area contributed by atoms with E-state index in [9.17, 15) is 9.59 Å². The molecule has 1 heterocycles. The van der Waals surface area contributed by atoms with Gasteiger partial charge in [0.05, 0.1) is 0 Å². The highest BCUT2D eigenvalue weighted by Crippen LogP contribution is 2.58. The average molecular weight is 539 g/mol. The van der Waals surface area contributed by atoms with Gasteiger partial charge >= 0.3 is 6.09 Å². The Bertz CT molecular complexity index is 1130. The summed E-state index contributed by atoms with van der Waals surface area (Å²) in [6.07, 6.45) is 0.431. The lowest BCUT2D eigenvalue weighted by molar-refractivity contribution is -0.153. The van der Waals surface area contributed by atoms with Crippen molar-refractivity contribution in [2.45, 2.75) is 69.6 Å². The first kappa shape index (κ1) is 26.3. The number of carbonyl (C=O) groups is 2. The summed E-state index contributed by atoms with van der Waals surface area (Å²) in [6, 6.07) is 12.7. The van der Waals surface area contributed by atoms with Crippen LogP contribution in [0.3, 0.4) is 0 Å². The Morgan fingerprint density at radius 3 is 2.26 bits per heavy atom. The molecule has 2 fully saturated rings. The van der Waals surface area contributed by atoms with Crippen LogP contribution in [0, 0.1) is 5.92 Å². The lowest BCUT2D eigenvalue weighted by Crippen LogP contribution is -2.51. The zero-order chi connectivity index (χ0) is 25.7. The predicted molar refractivity (Wildman–Crippen MR) is 138 cm³/mol. The summed E-state index contributed by atoms with van der Waals surface area (Å²) in [5.41, 5.74) is 0.0640. The van der Waals surface area contributed by atoms with Gasteiger partial charge in [-0.2, -0.15) is 0 Å². The minimum Gasteiger partial charge on any atom is -0.443 e. The van der Waals surface area contributed by atoms with Crippen LogP contribution in [-0.4, -0.2) is 41.3 Å². The number of carbonyl (C=O) groups excluding carboxylic acids is 2. The van der Waals surface area contributed by atoms with Gasteiger partial charge in [0.15, 0.2) is 5.60 Å². The van der Waals surface area contributed by atoms with Crippen LogP contribution in [0.2, 0.25) is 15.1 Å². The van der Waals surface area contributed by atoms with Crippen molar-refractivity contribution in [1.82, 2.24) is 4.90 Å². The zero-order valence-corrected chi connectivity index (χ0v) is 22.7. The number of hydrogen-bond acceptors (Lipinski definition) is 4. The van der Waals surface area contributed by atoms with Gasteiger partial charge in [0, 0.05) is 34.1 Å². The fourth-order valence-corrected chi connectivity index (χ4v) is 6.58. The molecule has 1 aliphatic heterocycles. The monoisotopic (exact) mass is 537 g/mol. The number of halogens is 3. The van der Waals surface area contributed by atoms with Gasteiger partial charge in [0.1, 0.15) is 5.60 Å². The highest BCUT2D eigenvalue weighted by atomic mass is 35.5. The van der Waals surface area contributed by atoms with Crippen LogP contribution in [0.25, 0.3) is 0 Å². The number of fused-ring (bicyclic) bond motifs is 1. The second-order valence-electron chi connectivity index (χ2n) is 10.4. The van der Waals surface area contributed by atoms with Crippen molar-refractivity contribution in [3.63, 3.8) is 0 Å². The van der Waals surface area contributed by atoms with E-state index in [2.05, 4.69) is 0 Å². The van der Waals surface area contributed by atoms with Crippen molar-refractivity contribution in [3.05, 3.63) is 68.7 Å². The quantitative estimate of drug-likeness (QED) is 0.406. The summed E-state index contributed by atoms with van der Waals surface area (Å²) >= 11 is 19.1. The Balaban J connectivity index is 1.86. The highest BCUT2D eigenvalue weighted by molar-refractivity contribution is 6.35. The van der Waals surface area contributed by atoms with Gasteiger partial charge in [-0.3, -0.25) is 4.79 Å². The summed E-state index contributed by atoms with van der Waals surface area (Å²) in [5.74, 6) is -0.889. The first-order chi connectivity index (χ1) is 16.4. The van der Waals surface area contributed by atoms with E-state index in [4.69, 9.17) is 44.3 Å². The Kier molecular flexibility index (Phi) is 7.20. The van der Waals surface area contributed by atoms with E-state index >= 15 is 0 Å². The maximum absolute atomic E-state index is 13.9. The molecule has 0 bridgehead atoms. The molecule has 5 nitrogen and oxygen atoms in total. The molecule has 2 aromatic carbocycles. The molecule has 1 saturated heterocycles. The second kappa shape index (κ2) is 9.59. The van der Waals surface area contributed by atoms with E-state index in [1.807, 2.05) is 43.3 Å². The molecule has 5 atom stereocenters. The number of rotatable bonds is 3. The third-order valence-corrected chi connectivity index (χ3v) is 8.08. The molecule has 4 rings (SSSR count). The van der Waals surface area contributed by atoms with Gasteiger partial charge in [-0.15, -0.1) is 0 Å². The number of methoxy groups -OCH3 is 1. The standard InChI is InChI=1S/C27H30Cl3NO4/c1-15-23-22(16-6-8-17(28)9-7-16)20(19-11-10-18(29)14-21(19)30)12-13-27(23,34-5)24(32)31(15)25(33)35-26(2,3)4/h6-11,14-15,20,22-23H,12-13H2,1-5H3/t15-,20+,22+,23+,27+/m1/s1. The molecule has 2 aliphatic rings. The largest absolute Gasteiger partial charge is 0.443 e. The fraction of sp³-hybridized carbons (Fsp3) is 0.481. The summed E-state index contributed by atoms with van der Waals surface area (Å²) in [4.78, 5) is 28.3. The molecular weight excluding hydrogens is 509 g/mol. The van der Waals surface area contributed by atoms with E-state index in [0.717, 1.165) is 11.1 Å². The third-order valence-electron chi connectivity index (χ3n) is 7.26. The van der Waals surface area contributed by atoms with Crippen molar-refractivity contribution in [3.8, 4) is 0 Å². The molecule has 0 unspecified atom stereocenters.